The minimum atomic E-state index is 0.127. The second kappa shape index (κ2) is 5.99. The lowest BCUT2D eigenvalue weighted by Gasteiger charge is -2.39. The molecule has 0 N–H and O–H groups in total. The summed E-state index contributed by atoms with van der Waals surface area (Å²) in [4.78, 5) is 22.8. The third-order valence-corrected chi connectivity index (χ3v) is 4.80. The van der Waals surface area contributed by atoms with Crippen LogP contribution in [-0.4, -0.2) is 39.0 Å². The molecule has 4 heterocycles. The standard InChI is InChI=1S/C18H19N3O2/c22-18(13-3-7-19-8-4-13)21-14-1-2-15(21)12-17(11-14)23-16-5-9-20-10-6-16/h3-10,14-15,17H,1-2,11-12H2. The molecule has 2 fully saturated rings. The first-order valence-electron chi connectivity index (χ1n) is 8.10. The number of amides is 1. The van der Waals surface area contributed by atoms with Gasteiger partial charge >= 0.3 is 0 Å². The average molecular weight is 309 g/mol. The molecular weight excluding hydrogens is 290 g/mol. The van der Waals surface area contributed by atoms with E-state index in [1.807, 2.05) is 12.1 Å². The van der Waals surface area contributed by atoms with Crippen LogP contribution in [-0.2, 0) is 0 Å². The molecule has 23 heavy (non-hydrogen) atoms. The Labute approximate surface area is 135 Å². The largest absolute Gasteiger partial charge is 0.490 e. The van der Waals surface area contributed by atoms with Crippen LogP contribution >= 0.6 is 0 Å². The number of hydrogen-bond acceptors (Lipinski definition) is 4. The van der Waals surface area contributed by atoms with Crippen LogP contribution in [0.25, 0.3) is 0 Å². The van der Waals surface area contributed by atoms with Crippen molar-refractivity contribution in [3.8, 4) is 5.75 Å². The van der Waals surface area contributed by atoms with Gasteiger partial charge in [-0.15, -0.1) is 0 Å². The van der Waals surface area contributed by atoms with Gasteiger partial charge in [0.25, 0.3) is 5.91 Å². The lowest BCUT2D eigenvalue weighted by molar-refractivity contribution is 0.0358. The Morgan fingerprint density at radius 1 is 0.957 bits per heavy atom. The third kappa shape index (κ3) is 2.79. The molecule has 118 valence electrons. The monoisotopic (exact) mass is 309 g/mol. The fraction of sp³-hybridized carbons (Fsp3) is 0.389. The Kier molecular flexibility index (Phi) is 3.69. The van der Waals surface area contributed by atoms with Gasteiger partial charge in [0.05, 0.1) is 0 Å². The van der Waals surface area contributed by atoms with E-state index in [1.165, 1.54) is 0 Å². The lowest BCUT2D eigenvalue weighted by atomic mass is 9.98. The van der Waals surface area contributed by atoms with Crippen LogP contribution in [0.4, 0.5) is 0 Å². The molecule has 2 saturated heterocycles. The number of ether oxygens (including phenoxy) is 1. The van der Waals surface area contributed by atoms with Crippen LogP contribution in [0.2, 0.25) is 0 Å². The van der Waals surface area contributed by atoms with Crippen LogP contribution in [0.5, 0.6) is 5.75 Å². The van der Waals surface area contributed by atoms with Crippen molar-refractivity contribution in [1.29, 1.82) is 0 Å². The van der Waals surface area contributed by atoms with Gasteiger partial charge in [-0.1, -0.05) is 0 Å². The summed E-state index contributed by atoms with van der Waals surface area (Å²) < 4.78 is 6.08. The molecule has 0 aromatic carbocycles. The van der Waals surface area contributed by atoms with Crippen molar-refractivity contribution in [3.63, 3.8) is 0 Å². The van der Waals surface area contributed by atoms with Gasteiger partial charge in [0.15, 0.2) is 0 Å². The maximum atomic E-state index is 12.8. The topological polar surface area (TPSA) is 55.3 Å². The Bertz CT molecular complexity index is 663. The van der Waals surface area contributed by atoms with Gasteiger partial charge in [0, 0.05) is 55.3 Å². The van der Waals surface area contributed by atoms with Crippen molar-refractivity contribution in [2.45, 2.75) is 43.9 Å². The van der Waals surface area contributed by atoms with E-state index in [1.54, 1.807) is 36.9 Å². The van der Waals surface area contributed by atoms with Gasteiger partial charge in [0.2, 0.25) is 0 Å². The van der Waals surface area contributed by atoms with Crippen molar-refractivity contribution in [3.05, 3.63) is 54.6 Å². The average Bonchev–Trinajstić information content (AvgIpc) is 2.87. The first kappa shape index (κ1) is 14.2. The number of aromatic nitrogens is 2. The predicted molar refractivity (Wildman–Crippen MR) is 85.1 cm³/mol. The molecule has 2 aliphatic rings. The highest BCUT2D eigenvalue weighted by atomic mass is 16.5. The van der Waals surface area contributed by atoms with Crippen LogP contribution in [0.3, 0.4) is 0 Å². The molecule has 2 aromatic heterocycles. The van der Waals surface area contributed by atoms with Gasteiger partial charge in [-0.2, -0.15) is 0 Å². The number of hydrogen-bond donors (Lipinski definition) is 0. The van der Waals surface area contributed by atoms with E-state index in [0.29, 0.717) is 0 Å². The lowest BCUT2D eigenvalue weighted by Crippen LogP contribution is -2.49. The highest BCUT2D eigenvalue weighted by molar-refractivity contribution is 5.94. The summed E-state index contributed by atoms with van der Waals surface area (Å²) in [6.45, 7) is 0. The second-order valence-electron chi connectivity index (χ2n) is 6.23. The Morgan fingerprint density at radius 3 is 2.13 bits per heavy atom. The highest BCUT2D eigenvalue weighted by Crippen LogP contribution is 2.38. The summed E-state index contributed by atoms with van der Waals surface area (Å²) in [5, 5.41) is 0. The zero-order chi connectivity index (χ0) is 15.6. The second-order valence-corrected chi connectivity index (χ2v) is 6.23. The van der Waals surface area contributed by atoms with Crippen LogP contribution in [0.15, 0.2) is 49.1 Å². The molecule has 2 aliphatic heterocycles. The summed E-state index contributed by atoms with van der Waals surface area (Å²) in [7, 11) is 0. The highest BCUT2D eigenvalue weighted by Gasteiger charge is 2.44. The maximum Gasteiger partial charge on any atom is 0.254 e. The molecule has 2 aromatic rings. The Morgan fingerprint density at radius 2 is 1.52 bits per heavy atom. The number of rotatable bonds is 3. The molecule has 4 rings (SSSR count). The van der Waals surface area contributed by atoms with E-state index in [2.05, 4.69) is 14.9 Å². The number of fused-ring (bicyclic) bond motifs is 2. The zero-order valence-electron chi connectivity index (χ0n) is 12.8. The summed E-state index contributed by atoms with van der Waals surface area (Å²) >= 11 is 0. The molecule has 0 saturated carbocycles. The minimum absolute atomic E-state index is 0.127. The van der Waals surface area contributed by atoms with Crippen molar-refractivity contribution >= 4 is 5.91 Å². The van der Waals surface area contributed by atoms with Crippen molar-refractivity contribution in [1.82, 2.24) is 14.9 Å². The molecular formula is C18H19N3O2. The van der Waals surface area contributed by atoms with Crippen molar-refractivity contribution in [2.75, 3.05) is 0 Å². The SMILES string of the molecule is O=C(c1ccncc1)N1C2CCC1CC(Oc1ccncc1)C2. The molecule has 5 nitrogen and oxygen atoms in total. The quantitative estimate of drug-likeness (QED) is 0.875. The Balaban J connectivity index is 1.47. The summed E-state index contributed by atoms with van der Waals surface area (Å²) in [5.74, 6) is 0.987. The molecule has 1 amide bonds. The number of carbonyl (C=O) groups excluding carboxylic acids is 1. The number of carbonyl (C=O) groups is 1. The Hall–Kier alpha value is -2.43. The van der Waals surface area contributed by atoms with Gasteiger partial charge in [0.1, 0.15) is 11.9 Å². The molecule has 2 unspecified atom stereocenters. The molecule has 2 bridgehead atoms. The molecule has 0 radical (unpaired) electrons. The van der Waals surface area contributed by atoms with Crippen LogP contribution < -0.4 is 4.74 Å². The fourth-order valence-corrected chi connectivity index (χ4v) is 3.81. The van der Waals surface area contributed by atoms with Crippen LogP contribution in [0.1, 0.15) is 36.0 Å². The maximum absolute atomic E-state index is 12.8. The van der Waals surface area contributed by atoms with E-state index in [0.717, 1.165) is 37.0 Å². The van der Waals surface area contributed by atoms with Gasteiger partial charge in [-0.25, -0.2) is 0 Å². The normalized spacial score (nSPS) is 26.1. The first-order chi connectivity index (χ1) is 11.3. The summed E-state index contributed by atoms with van der Waals surface area (Å²) in [5.41, 5.74) is 0.727. The number of piperidine rings is 1. The van der Waals surface area contributed by atoms with Gasteiger partial charge in [-0.3, -0.25) is 14.8 Å². The van der Waals surface area contributed by atoms with E-state index < -0.39 is 0 Å². The number of pyridine rings is 2. The van der Waals surface area contributed by atoms with Crippen molar-refractivity contribution < 1.29 is 9.53 Å². The van der Waals surface area contributed by atoms with Gasteiger partial charge in [-0.05, 0) is 37.1 Å². The van der Waals surface area contributed by atoms with Crippen molar-refractivity contribution in [2.24, 2.45) is 0 Å². The number of nitrogens with zero attached hydrogens (tertiary/aromatic N) is 3. The predicted octanol–water partition coefficient (Wildman–Crippen LogP) is 2.69. The van der Waals surface area contributed by atoms with E-state index >= 15 is 0 Å². The van der Waals surface area contributed by atoms with Gasteiger partial charge < -0.3 is 9.64 Å². The fourth-order valence-electron chi connectivity index (χ4n) is 3.81. The summed E-state index contributed by atoms with van der Waals surface area (Å²) in [6.07, 6.45) is 10.9. The minimum Gasteiger partial charge on any atom is -0.490 e. The molecule has 0 aliphatic carbocycles. The van der Waals surface area contributed by atoms with E-state index in [9.17, 15) is 4.79 Å². The van der Waals surface area contributed by atoms with Crippen LogP contribution in [0, 0.1) is 0 Å². The smallest absolute Gasteiger partial charge is 0.254 e. The van der Waals surface area contributed by atoms with E-state index in [-0.39, 0.29) is 24.1 Å². The summed E-state index contributed by atoms with van der Waals surface area (Å²) in [6, 6.07) is 7.91. The zero-order valence-corrected chi connectivity index (χ0v) is 12.8. The molecule has 2 atom stereocenters. The molecule has 0 spiro atoms. The van der Waals surface area contributed by atoms with E-state index in [4.69, 9.17) is 4.74 Å². The first-order valence-corrected chi connectivity index (χ1v) is 8.10. The third-order valence-electron chi connectivity index (χ3n) is 4.80. The molecule has 5 heteroatoms.